The van der Waals surface area contributed by atoms with Crippen LogP contribution < -0.4 is 0 Å². The summed E-state index contributed by atoms with van der Waals surface area (Å²) in [5.41, 5.74) is 2.13. The molecule has 1 aromatic heterocycles. The van der Waals surface area contributed by atoms with Crippen LogP contribution in [0.5, 0.6) is 0 Å². The molecule has 5 heteroatoms. The molecule has 0 N–H and O–H groups in total. The monoisotopic (exact) mass is 310 g/mol. The Labute approximate surface area is 136 Å². The first kappa shape index (κ1) is 14.4. The average molecular weight is 310 g/mol. The SMILES string of the molecule is CCn1nncc1C(=O)N1CC2(CCCC2)C1c1ccccc1. The lowest BCUT2D eigenvalue weighted by Gasteiger charge is -2.56. The van der Waals surface area contributed by atoms with Gasteiger partial charge in [-0.1, -0.05) is 48.4 Å². The van der Waals surface area contributed by atoms with Crippen LogP contribution in [0, 0.1) is 5.41 Å². The minimum absolute atomic E-state index is 0.0585. The molecule has 23 heavy (non-hydrogen) atoms. The van der Waals surface area contributed by atoms with E-state index in [1.165, 1.54) is 31.2 Å². The Morgan fingerprint density at radius 3 is 2.70 bits per heavy atom. The van der Waals surface area contributed by atoms with Crippen LogP contribution in [0.25, 0.3) is 0 Å². The van der Waals surface area contributed by atoms with Gasteiger partial charge < -0.3 is 4.90 Å². The maximum Gasteiger partial charge on any atom is 0.274 e. The third-order valence-electron chi connectivity index (χ3n) is 5.49. The van der Waals surface area contributed by atoms with Crippen molar-refractivity contribution in [3.05, 3.63) is 47.8 Å². The highest BCUT2D eigenvalue weighted by atomic mass is 16.2. The van der Waals surface area contributed by atoms with Gasteiger partial charge in [-0.3, -0.25) is 4.79 Å². The highest BCUT2D eigenvalue weighted by Crippen LogP contribution is 2.58. The van der Waals surface area contributed by atoms with Gasteiger partial charge in [0.2, 0.25) is 0 Å². The lowest BCUT2D eigenvalue weighted by Crippen LogP contribution is -2.59. The zero-order chi connectivity index (χ0) is 15.9. The first-order valence-corrected chi connectivity index (χ1v) is 8.49. The maximum atomic E-state index is 13.0. The fourth-order valence-corrected chi connectivity index (χ4v) is 4.41. The van der Waals surface area contributed by atoms with Gasteiger partial charge in [-0.25, -0.2) is 4.68 Å². The number of rotatable bonds is 3. The topological polar surface area (TPSA) is 51.0 Å². The number of likely N-dealkylation sites (tertiary alicyclic amines) is 1. The molecule has 2 heterocycles. The lowest BCUT2D eigenvalue weighted by atomic mass is 9.67. The Morgan fingerprint density at radius 2 is 2.00 bits per heavy atom. The van der Waals surface area contributed by atoms with Crippen molar-refractivity contribution in [1.82, 2.24) is 19.9 Å². The van der Waals surface area contributed by atoms with E-state index in [9.17, 15) is 4.79 Å². The summed E-state index contributed by atoms with van der Waals surface area (Å²) in [7, 11) is 0. The van der Waals surface area contributed by atoms with Gasteiger partial charge in [0.1, 0.15) is 5.69 Å². The molecule has 1 saturated carbocycles. The van der Waals surface area contributed by atoms with E-state index >= 15 is 0 Å². The van der Waals surface area contributed by atoms with E-state index in [1.807, 2.05) is 17.9 Å². The van der Waals surface area contributed by atoms with Gasteiger partial charge in [-0.05, 0) is 25.3 Å². The number of carbonyl (C=O) groups is 1. The third-order valence-corrected chi connectivity index (χ3v) is 5.49. The van der Waals surface area contributed by atoms with Crippen LogP contribution in [-0.2, 0) is 6.54 Å². The van der Waals surface area contributed by atoms with Crippen molar-refractivity contribution in [3.8, 4) is 0 Å². The van der Waals surface area contributed by atoms with Crippen molar-refractivity contribution in [3.63, 3.8) is 0 Å². The molecule has 120 valence electrons. The zero-order valence-corrected chi connectivity index (χ0v) is 13.5. The van der Waals surface area contributed by atoms with Crippen molar-refractivity contribution in [1.29, 1.82) is 0 Å². The van der Waals surface area contributed by atoms with Gasteiger partial charge in [0.15, 0.2) is 0 Å². The summed E-state index contributed by atoms with van der Waals surface area (Å²) in [5.74, 6) is 0.0585. The van der Waals surface area contributed by atoms with Gasteiger partial charge >= 0.3 is 0 Å². The van der Waals surface area contributed by atoms with Crippen LogP contribution in [0.1, 0.15) is 54.7 Å². The second-order valence-electron chi connectivity index (χ2n) is 6.75. The second kappa shape index (κ2) is 5.48. The second-order valence-corrected chi connectivity index (χ2v) is 6.75. The predicted octanol–water partition coefficient (Wildman–Crippen LogP) is 3.06. The minimum atomic E-state index is 0.0585. The van der Waals surface area contributed by atoms with E-state index in [0.29, 0.717) is 12.2 Å². The number of nitrogens with zero attached hydrogens (tertiary/aromatic N) is 4. The highest BCUT2D eigenvalue weighted by Gasteiger charge is 2.56. The Balaban J connectivity index is 1.67. The molecule has 1 unspecified atom stereocenters. The van der Waals surface area contributed by atoms with Crippen LogP contribution in [0.2, 0.25) is 0 Å². The number of hydrogen-bond donors (Lipinski definition) is 0. The lowest BCUT2D eigenvalue weighted by molar-refractivity contribution is -0.0517. The summed E-state index contributed by atoms with van der Waals surface area (Å²) in [5, 5.41) is 7.91. The van der Waals surface area contributed by atoms with Crippen LogP contribution in [-0.4, -0.2) is 32.3 Å². The molecule has 1 aliphatic carbocycles. The number of aryl methyl sites for hydroxylation is 1. The molecule has 0 bridgehead atoms. The highest BCUT2D eigenvalue weighted by molar-refractivity contribution is 5.93. The Bertz CT molecular complexity index is 703. The van der Waals surface area contributed by atoms with Gasteiger partial charge in [0.05, 0.1) is 12.2 Å². The molecule has 2 fully saturated rings. The van der Waals surface area contributed by atoms with Crippen molar-refractivity contribution in [2.75, 3.05) is 6.54 Å². The van der Waals surface area contributed by atoms with E-state index in [-0.39, 0.29) is 17.4 Å². The molecule has 1 saturated heterocycles. The predicted molar refractivity (Wildman–Crippen MR) is 86.8 cm³/mol. The van der Waals surface area contributed by atoms with Crippen molar-refractivity contribution in [2.45, 2.75) is 45.2 Å². The molecule has 1 atom stereocenters. The van der Waals surface area contributed by atoms with Crippen molar-refractivity contribution < 1.29 is 4.79 Å². The van der Waals surface area contributed by atoms with Gasteiger partial charge in [-0.2, -0.15) is 0 Å². The molecule has 1 amide bonds. The molecule has 2 aromatic rings. The summed E-state index contributed by atoms with van der Waals surface area (Å²) < 4.78 is 1.68. The smallest absolute Gasteiger partial charge is 0.274 e. The molecule has 4 rings (SSSR count). The van der Waals surface area contributed by atoms with E-state index in [4.69, 9.17) is 0 Å². The molecule has 5 nitrogen and oxygen atoms in total. The number of hydrogen-bond acceptors (Lipinski definition) is 3. The molecular weight excluding hydrogens is 288 g/mol. The van der Waals surface area contributed by atoms with Crippen LogP contribution in [0.4, 0.5) is 0 Å². The van der Waals surface area contributed by atoms with Crippen molar-refractivity contribution in [2.24, 2.45) is 5.41 Å². The van der Waals surface area contributed by atoms with Gasteiger partial charge in [0, 0.05) is 18.5 Å². The molecule has 0 radical (unpaired) electrons. The van der Waals surface area contributed by atoms with Crippen LogP contribution in [0.15, 0.2) is 36.5 Å². The van der Waals surface area contributed by atoms with E-state index in [1.54, 1.807) is 10.9 Å². The summed E-state index contributed by atoms with van der Waals surface area (Å²) in [6, 6.07) is 10.7. The van der Waals surface area contributed by atoms with Gasteiger partial charge in [-0.15, -0.1) is 5.10 Å². The average Bonchev–Trinajstić information content (AvgIpc) is 3.23. The fourth-order valence-electron chi connectivity index (χ4n) is 4.41. The van der Waals surface area contributed by atoms with Gasteiger partial charge in [0.25, 0.3) is 5.91 Å². The largest absolute Gasteiger partial charge is 0.329 e. The minimum Gasteiger partial charge on any atom is -0.329 e. The summed E-state index contributed by atoms with van der Waals surface area (Å²) >= 11 is 0. The third kappa shape index (κ3) is 2.18. The summed E-state index contributed by atoms with van der Waals surface area (Å²) in [6.45, 7) is 3.51. The van der Waals surface area contributed by atoms with Crippen molar-refractivity contribution >= 4 is 5.91 Å². The van der Waals surface area contributed by atoms with Crippen LogP contribution >= 0.6 is 0 Å². The Hall–Kier alpha value is -2.17. The summed E-state index contributed by atoms with van der Waals surface area (Å²) in [6.07, 6.45) is 6.59. The first-order valence-electron chi connectivity index (χ1n) is 8.49. The Kier molecular flexibility index (Phi) is 3.43. The number of benzene rings is 1. The maximum absolute atomic E-state index is 13.0. The molecule has 1 aromatic carbocycles. The first-order chi connectivity index (χ1) is 11.2. The normalized spacial score (nSPS) is 22.3. The Morgan fingerprint density at radius 1 is 1.26 bits per heavy atom. The zero-order valence-electron chi connectivity index (χ0n) is 13.5. The fraction of sp³-hybridized carbons (Fsp3) is 0.500. The van der Waals surface area contributed by atoms with E-state index in [0.717, 1.165) is 6.54 Å². The molecular formula is C18H22N4O. The summed E-state index contributed by atoms with van der Waals surface area (Å²) in [4.78, 5) is 15.0. The van der Waals surface area contributed by atoms with E-state index < -0.39 is 0 Å². The molecule has 2 aliphatic rings. The standard InChI is InChI=1S/C18H22N4O/c1-2-22-15(12-19-20-22)17(23)21-13-18(10-6-7-11-18)16(21)14-8-4-3-5-9-14/h3-5,8-9,12,16H,2,6-7,10-11,13H2,1H3. The molecule has 1 aliphatic heterocycles. The molecule has 1 spiro atoms. The quantitative estimate of drug-likeness (QED) is 0.875. The van der Waals surface area contributed by atoms with E-state index in [2.05, 4.69) is 34.6 Å². The van der Waals surface area contributed by atoms with Crippen LogP contribution in [0.3, 0.4) is 0 Å². The number of carbonyl (C=O) groups excluding carboxylic acids is 1. The number of aromatic nitrogens is 3. The number of amides is 1.